The number of furan rings is 1. The van der Waals surface area contributed by atoms with E-state index in [4.69, 9.17) is 15.3 Å². The van der Waals surface area contributed by atoms with Crippen molar-refractivity contribution in [3.63, 3.8) is 0 Å². The molecular formula is C9H7N3O4. The van der Waals surface area contributed by atoms with Crippen LogP contribution in [0.4, 0.5) is 0 Å². The maximum absolute atomic E-state index is 11.1. The highest BCUT2D eigenvalue weighted by atomic mass is 16.4. The molecule has 2 aromatic heterocycles. The number of imidazole rings is 1. The Bertz CT molecular complexity index is 541. The molecule has 0 aliphatic rings. The Morgan fingerprint density at radius 2 is 2.25 bits per heavy atom. The maximum Gasteiger partial charge on any atom is 0.371 e. The van der Waals surface area contributed by atoms with Crippen LogP contribution in [-0.4, -0.2) is 27.0 Å². The van der Waals surface area contributed by atoms with Gasteiger partial charge < -0.3 is 20.2 Å². The average molecular weight is 221 g/mol. The van der Waals surface area contributed by atoms with Crippen molar-refractivity contribution >= 4 is 11.9 Å². The zero-order valence-electron chi connectivity index (χ0n) is 7.93. The molecule has 0 aliphatic heterocycles. The maximum atomic E-state index is 11.1. The second-order valence-electron chi connectivity index (χ2n) is 2.96. The Kier molecular flexibility index (Phi) is 2.20. The van der Waals surface area contributed by atoms with Crippen LogP contribution in [0.25, 0.3) is 11.5 Å². The molecule has 0 radical (unpaired) electrons. The van der Waals surface area contributed by atoms with E-state index >= 15 is 0 Å². The van der Waals surface area contributed by atoms with Crippen molar-refractivity contribution in [2.75, 3.05) is 0 Å². The van der Waals surface area contributed by atoms with E-state index in [1.54, 1.807) is 12.1 Å². The summed E-state index contributed by atoms with van der Waals surface area (Å²) in [5, 5.41) is 8.73. The first-order valence-electron chi connectivity index (χ1n) is 4.26. The van der Waals surface area contributed by atoms with Gasteiger partial charge in [-0.05, 0) is 12.1 Å². The lowest BCUT2D eigenvalue weighted by molar-refractivity contribution is 0.0685. The van der Waals surface area contributed by atoms with Crippen LogP contribution in [-0.2, 0) is 0 Å². The summed E-state index contributed by atoms with van der Waals surface area (Å²) in [7, 11) is 0. The second-order valence-corrected chi connectivity index (χ2v) is 2.96. The highest BCUT2D eigenvalue weighted by molar-refractivity contribution is 5.98. The van der Waals surface area contributed by atoms with Gasteiger partial charge in [0.2, 0.25) is 5.82 Å². The van der Waals surface area contributed by atoms with Crippen LogP contribution in [0.2, 0.25) is 0 Å². The molecule has 0 bridgehead atoms. The van der Waals surface area contributed by atoms with Gasteiger partial charge >= 0.3 is 5.97 Å². The van der Waals surface area contributed by atoms with Crippen LogP contribution in [0.5, 0.6) is 0 Å². The summed E-state index contributed by atoms with van der Waals surface area (Å²) >= 11 is 0. The summed E-state index contributed by atoms with van der Waals surface area (Å²) in [5.41, 5.74) is 5.08. The molecule has 1 amide bonds. The van der Waals surface area contributed by atoms with E-state index in [0.717, 1.165) is 0 Å². The summed E-state index contributed by atoms with van der Waals surface area (Å²) in [6.45, 7) is 0. The molecule has 0 atom stereocenters. The van der Waals surface area contributed by atoms with Crippen molar-refractivity contribution in [3.8, 4) is 11.5 Å². The molecule has 2 heterocycles. The highest BCUT2D eigenvalue weighted by Gasteiger charge is 2.21. The van der Waals surface area contributed by atoms with E-state index in [1.165, 1.54) is 6.26 Å². The highest BCUT2D eigenvalue weighted by Crippen LogP contribution is 2.21. The standard InChI is InChI=1S/C9H7N3O4/c10-7(13)6-5(4-2-1-3-16-4)11-8(12-6)9(14)15/h1-3H,(H2,10,13)(H,11,12)(H,14,15). The normalized spacial score (nSPS) is 10.2. The zero-order chi connectivity index (χ0) is 11.7. The molecule has 2 rings (SSSR count). The molecule has 0 unspecified atom stereocenters. The van der Waals surface area contributed by atoms with E-state index in [2.05, 4.69) is 9.97 Å². The van der Waals surface area contributed by atoms with Crippen LogP contribution in [0, 0.1) is 0 Å². The lowest BCUT2D eigenvalue weighted by atomic mass is 10.2. The number of aromatic amines is 1. The molecular weight excluding hydrogens is 214 g/mol. The number of carbonyl (C=O) groups excluding carboxylic acids is 1. The first-order chi connectivity index (χ1) is 7.59. The summed E-state index contributed by atoms with van der Waals surface area (Å²) in [4.78, 5) is 27.8. The first-order valence-corrected chi connectivity index (χ1v) is 4.26. The van der Waals surface area contributed by atoms with E-state index < -0.39 is 11.9 Å². The topological polar surface area (TPSA) is 122 Å². The number of carboxylic acid groups (broad SMARTS) is 1. The van der Waals surface area contributed by atoms with Crippen molar-refractivity contribution in [2.45, 2.75) is 0 Å². The van der Waals surface area contributed by atoms with Crippen LogP contribution in [0.15, 0.2) is 22.8 Å². The van der Waals surface area contributed by atoms with Gasteiger partial charge in [-0.3, -0.25) is 4.79 Å². The van der Waals surface area contributed by atoms with Crippen molar-refractivity contribution < 1.29 is 19.1 Å². The fourth-order valence-corrected chi connectivity index (χ4v) is 1.25. The van der Waals surface area contributed by atoms with Crippen molar-refractivity contribution in [2.24, 2.45) is 5.73 Å². The number of nitrogens with zero attached hydrogens (tertiary/aromatic N) is 1. The van der Waals surface area contributed by atoms with Crippen molar-refractivity contribution in [1.82, 2.24) is 9.97 Å². The number of primary amides is 1. The minimum atomic E-state index is -1.28. The van der Waals surface area contributed by atoms with Gasteiger partial charge in [0.25, 0.3) is 5.91 Å². The van der Waals surface area contributed by atoms with E-state index in [9.17, 15) is 9.59 Å². The Morgan fingerprint density at radius 3 is 2.75 bits per heavy atom. The van der Waals surface area contributed by atoms with Gasteiger partial charge in [-0.1, -0.05) is 0 Å². The number of amides is 1. The molecule has 0 aromatic carbocycles. The molecule has 0 spiro atoms. The van der Waals surface area contributed by atoms with Gasteiger partial charge in [0, 0.05) is 0 Å². The third kappa shape index (κ3) is 1.54. The minimum Gasteiger partial charge on any atom is -0.475 e. The van der Waals surface area contributed by atoms with Gasteiger partial charge in [-0.2, -0.15) is 0 Å². The summed E-state index contributed by atoms with van der Waals surface area (Å²) < 4.78 is 5.03. The predicted molar refractivity (Wildman–Crippen MR) is 51.8 cm³/mol. The number of carbonyl (C=O) groups is 2. The monoisotopic (exact) mass is 221 g/mol. The van der Waals surface area contributed by atoms with Crippen LogP contribution < -0.4 is 5.73 Å². The number of nitrogens with one attached hydrogen (secondary N) is 1. The molecule has 0 saturated heterocycles. The Balaban J connectivity index is 2.59. The minimum absolute atomic E-state index is 0.160. The average Bonchev–Trinajstić information content (AvgIpc) is 2.86. The number of aromatic nitrogens is 2. The molecule has 0 aliphatic carbocycles. The van der Waals surface area contributed by atoms with Crippen LogP contribution >= 0.6 is 0 Å². The molecule has 7 nitrogen and oxygen atoms in total. The number of hydrogen-bond acceptors (Lipinski definition) is 4. The Morgan fingerprint density at radius 1 is 1.50 bits per heavy atom. The molecule has 2 aromatic rings. The van der Waals surface area contributed by atoms with Gasteiger partial charge in [-0.25, -0.2) is 9.78 Å². The van der Waals surface area contributed by atoms with Gasteiger partial charge in [0.05, 0.1) is 6.26 Å². The molecule has 4 N–H and O–H groups in total. The Hall–Kier alpha value is -2.57. The summed E-state index contributed by atoms with van der Waals surface area (Å²) in [5.74, 6) is -2.16. The van der Waals surface area contributed by atoms with Gasteiger partial charge in [-0.15, -0.1) is 0 Å². The number of aromatic carboxylic acids is 1. The third-order valence-electron chi connectivity index (χ3n) is 1.91. The quantitative estimate of drug-likeness (QED) is 0.695. The molecule has 0 saturated carbocycles. The van der Waals surface area contributed by atoms with E-state index in [1.807, 2.05) is 0 Å². The molecule has 82 valence electrons. The predicted octanol–water partition coefficient (Wildman–Crippen LogP) is 0.467. The van der Waals surface area contributed by atoms with Crippen LogP contribution in [0.3, 0.4) is 0 Å². The van der Waals surface area contributed by atoms with E-state index in [0.29, 0.717) is 5.76 Å². The van der Waals surface area contributed by atoms with Gasteiger partial charge in [0.1, 0.15) is 5.69 Å². The number of hydrogen-bond donors (Lipinski definition) is 3. The number of nitrogens with two attached hydrogens (primary N) is 1. The number of carboxylic acids is 1. The lowest BCUT2D eigenvalue weighted by Crippen LogP contribution is -2.13. The Labute approximate surface area is 88.9 Å². The summed E-state index contributed by atoms with van der Waals surface area (Å²) in [6, 6.07) is 3.16. The largest absolute Gasteiger partial charge is 0.475 e. The zero-order valence-corrected chi connectivity index (χ0v) is 7.93. The number of H-pyrrole nitrogens is 1. The van der Waals surface area contributed by atoms with Crippen molar-refractivity contribution in [1.29, 1.82) is 0 Å². The second kappa shape index (κ2) is 3.54. The molecule has 16 heavy (non-hydrogen) atoms. The van der Waals surface area contributed by atoms with Crippen molar-refractivity contribution in [3.05, 3.63) is 29.9 Å². The SMILES string of the molecule is NC(=O)c1nc(C(=O)O)[nH]c1-c1ccco1. The smallest absolute Gasteiger partial charge is 0.371 e. The lowest BCUT2D eigenvalue weighted by Gasteiger charge is -1.93. The summed E-state index contributed by atoms with van der Waals surface area (Å²) in [6.07, 6.45) is 1.39. The molecule has 0 fully saturated rings. The molecule has 7 heteroatoms. The fraction of sp³-hybridized carbons (Fsp3) is 0. The van der Waals surface area contributed by atoms with Gasteiger partial charge in [0.15, 0.2) is 11.5 Å². The number of rotatable bonds is 3. The van der Waals surface area contributed by atoms with E-state index in [-0.39, 0.29) is 17.2 Å². The van der Waals surface area contributed by atoms with Crippen LogP contribution in [0.1, 0.15) is 21.1 Å². The first kappa shape index (κ1) is 9.97. The third-order valence-corrected chi connectivity index (χ3v) is 1.91. The fourth-order valence-electron chi connectivity index (χ4n) is 1.25.